The van der Waals surface area contributed by atoms with Crippen molar-refractivity contribution in [2.24, 2.45) is 0 Å². The van der Waals surface area contributed by atoms with Gasteiger partial charge in [-0.3, -0.25) is 0 Å². The minimum Gasteiger partial charge on any atom is -0.478 e. The first-order valence-electron chi connectivity index (χ1n) is 11.0. The van der Waals surface area contributed by atoms with Crippen LogP contribution >= 0.6 is 0 Å². The average Bonchev–Trinajstić information content (AvgIpc) is 3.24. The largest absolute Gasteiger partial charge is 0.478 e. The highest BCUT2D eigenvalue weighted by Crippen LogP contribution is 2.30. The monoisotopic (exact) mass is 449 g/mol. The number of carboxylic acids is 1. The third kappa shape index (κ3) is 5.38. The van der Waals surface area contributed by atoms with Gasteiger partial charge in [0.15, 0.2) is 0 Å². The van der Waals surface area contributed by atoms with E-state index in [4.69, 9.17) is 19.6 Å². The van der Waals surface area contributed by atoms with Crippen molar-refractivity contribution in [3.05, 3.63) is 84.0 Å². The highest BCUT2D eigenvalue weighted by atomic mass is 16.7. The second kappa shape index (κ2) is 11.0. The van der Waals surface area contributed by atoms with Crippen molar-refractivity contribution >= 4 is 5.97 Å². The van der Waals surface area contributed by atoms with Gasteiger partial charge in [0.25, 0.3) is 0 Å². The van der Waals surface area contributed by atoms with Crippen molar-refractivity contribution in [3.8, 4) is 11.1 Å². The number of aromatic nitrogens is 3. The molecule has 3 rings (SSSR count). The summed E-state index contributed by atoms with van der Waals surface area (Å²) in [5.74, 6) is -0.573. The van der Waals surface area contributed by atoms with Crippen LogP contribution in [0.3, 0.4) is 0 Å². The zero-order valence-electron chi connectivity index (χ0n) is 19.5. The Kier molecular flexibility index (Phi) is 8.14. The van der Waals surface area contributed by atoms with Gasteiger partial charge in [0.05, 0.1) is 12.1 Å². The maximum absolute atomic E-state index is 11.6. The Morgan fingerprint density at radius 2 is 1.85 bits per heavy atom. The van der Waals surface area contributed by atoms with Gasteiger partial charge in [0.1, 0.15) is 5.82 Å². The molecule has 7 nitrogen and oxygen atoms in total. The van der Waals surface area contributed by atoms with Gasteiger partial charge in [-0.2, -0.15) is 0 Å². The van der Waals surface area contributed by atoms with Crippen molar-refractivity contribution in [1.29, 1.82) is 0 Å². The van der Waals surface area contributed by atoms with E-state index in [0.29, 0.717) is 30.8 Å². The molecule has 0 unspecified atom stereocenters. The Morgan fingerprint density at radius 1 is 1.15 bits per heavy atom. The smallest absolute Gasteiger partial charge is 0.336 e. The van der Waals surface area contributed by atoms with E-state index in [1.807, 2.05) is 47.2 Å². The van der Waals surface area contributed by atoms with Crippen LogP contribution in [0.4, 0.5) is 0 Å². The first-order chi connectivity index (χ1) is 16.0. The Balaban J connectivity index is 1.92. The molecule has 0 fully saturated rings. The molecule has 0 atom stereocenters. The average molecular weight is 450 g/mol. The first kappa shape index (κ1) is 24.4. The van der Waals surface area contributed by atoms with Crippen LogP contribution in [0.2, 0.25) is 0 Å². The molecular weight excluding hydrogens is 418 g/mol. The number of hydrogen-bond acceptors (Lipinski definition) is 5. The molecule has 0 amide bonds. The quantitative estimate of drug-likeness (QED) is 0.307. The van der Waals surface area contributed by atoms with Crippen LogP contribution in [-0.2, 0) is 28.2 Å². The predicted molar refractivity (Wildman–Crippen MR) is 127 cm³/mol. The fraction of sp³-hybridized carbons (Fsp3) is 0.346. The zero-order valence-corrected chi connectivity index (χ0v) is 19.5. The number of ether oxygens (including phenoxy) is 2. The molecule has 7 heteroatoms. The van der Waals surface area contributed by atoms with E-state index in [2.05, 4.69) is 13.5 Å². The molecule has 3 aromatic rings. The number of nitrogens with zero attached hydrogens (tertiary/aromatic N) is 3. The standard InChI is InChI=1S/C26H31N3O4/c1-5-7-12-23-27-25(26(32-3,33-4)17-6-2)28-29(23)18-19-13-15-20(16-14-19)21-10-8-9-11-22(21)24(30)31/h5,8-11,13-16H,1,6-7,12,17-18H2,2-4H3,(H,30,31). The number of benzene rings is 2. The summed E-state index contributed by atoms with van der Waals surface area (Å²) in [4.78, 5) is 16.3. The van der Waals surface area contributed by atoms with Gasteiger partial charge in [-0.25, -0.2) is 14.5 Å². The number of hydrogen-bond donors (Lipinski definition) is 1. The summed E-state index contributed by atoms with van der Waals surface area (Å²) in [6.45, 7) is 6.40. The van der Waals surface area contributed by atoms with Crippen LogP contribution in [0.1, 0.15) is 53.8 Å². The summed E-state index contributed by atoms with van der Waals surface area (Å²) >= 11 is 0. The van der Waals surface area contributed by atoms with Crippen molar-refractivity contribution < 1.29 is 19.4 Å². The second-order valence-electron chi connectivity index (χ2n) is 7.80. The molecule has 174 valence electrons. The highest BCUT2D eigenvalue weighted by Gasteiger charge is 2.36. The van der Waals surface area contributed by atoms with E-state index >= 15 is 0 Å². The Labute approximate surface area is 194 Å². The Morgan fingerprint density at radius 3 is 2.45 bits per heavy atom. The maximum Gasteiger partial charge on any atom is 0.336 e. The van der Waals surface area contributed by atoms with Gasteiger partial charge >= 0.3 is 5.97 Å². The molecule has 0 radical (unpaired) electrons. The summed E-state index contributed by atoms with van der Waals surface area (Å²) in [6, 6.07) is 14.8. The number of carbonyl (C=O) groups is 1. The van der Waals surface area contributed by atoms with Gasteiger partial charge in [0, 0.05) is 27.1 Å². The lowest BCUT2D eigenvalue weighted by Crippen LogP contribution is -2.32. The van der Waals surface area contributed by atoms with E-state index < -0.39 is 11.8 Å². The summed E-state index contributed by atoms with van der Waals surface area (Å²) in [7, 11) is 3.22. The van der Waals surface area contributed by atoms with Crippen molar-refractivity contribution in [3.63, 3.8) is 0 Å². The third-order valence-corrected chi connectivity index (χ3v) is 5.65. The third-order valence-electron chi connectivity index (χ3n) is 5.65. The molecule has 1 aromatic heterocycles. The Bertz CT molecular complexity index is 1090. The van der Waals surface area contributed by atoms with Gasteiger partial charge in [-0.1, -0.05) is 61.9 Å². The zero-order chi connectivity index (χ0) is 23.8. The summed E-state index contributed by atoms with van der Waals surface area (Å²) in [6.07, 6.45) is 4.85. The minimum absolute atomic E-state index is 0.282. The summed E-state index contributed by atoms with van der Waals surface area (Å²) in [5, 5.41) is 14.2. The van der Waals surface area contributed by atoms with Crippen LogP contribution in [0, 0.1) is 0 Å². The molecule has 2 aromatic carbocycles. The highest BCUT2D eigenvalue weighted by molar-refractivity contribution is 5.95. The topological polar surface area (TPSA) is 86.5 Å². The lowest BCUT2D eigenvalue weighted by molar-refractivity contribution is -0.225. The van der Waals surface area contributed by atoms with Gasteiger partial charge in [-0.05, 0) is 29.2 Å². The minimum atomic E-state index is -0.979. The predicted octanol–water partition coefficient (Wildman–Crippen LogP) is 5.06. The fourth-order valence-electron chi connectivity index (χ4n) is 3.87. The molecule has 1 heterocycles. The van der Waals surface area contributed by atoms with Crippen LogP contribution in [0.5, 0.6) is 0 Å². The normalized spacial score (nSPS) is 11.5. The van der Waals surface area contributed by atoms with E-state index in [0.717, 1.165) is 29.8 Å². The maximum atomic E-state index is 11.6. The molecule has 0 aliphatic carbocycles. The number of methoxy groups -OCH3 is 2. The van der Waals surface area contributed by atoms with Crippen molar-refractivity contribution in [1.82, 2.24) is 14.8 Å². The van der Waals surface area contributed by atoms with E-state index in [9.17, 15) is 9.90 Å². The van der Waals surface area contributed by atoms with Crippen LogP contribution in [0.25, 0.3) is 11.1 Å². The van der Waals surface area contributed by atoms with E-state index in [1.54, 1.807) is 26.4 Å². The molecule has 0 aliphatic heterocycles. The van der Waals surface area contributed by atoms with Crippen molar-refractivity contribution in [2.75, 3.05) is 14.2 Å². The number of carboxylic acid groups (broad SMARTS) is 1. The second-order valence-corrected chi connectivity index (χ2v) is 7.80. The Hall–Kier alpha value is -3.29. The van der Waals surface area contributed by atoms with Gasteiger partial charge < -0.3 is 14.6 Å². The lowest BCUT2D eigenvalue weighted by atomic mass is 9.99. The summed E-state index contributed by atoms with van der Waals surface area (Å²) < 4.78 is 13.3. The molecule has 0 saturated carbocycles. The molecule has 33 heavy (non-hydrogen) atoms. The van der Waals surface area contributed by atoms with Gasteiger partial charge in [0.2, 0.25) is 11.6 Å². The van der Waals surface area contributed by atoms with Crippen molar-refractivity contribution in [2.45, 2.75) is 44.9 Å². The summed E-state index contributed by atoms with van der Waals surface area (Å²) in [5.41, 5.74) is 2.85. The molecular formula is C26H31N3O4. The van der Waals surface area contributed by atoms with Crippen LogP contribution in [-0.4, -0.2) is 40.1 Å². The lowest BCUT2D eigenvalue weighted by Gasteiger charge is -2.27. The first-order valence-corrected chi connectivity index (χ1v) is 11.0. The van der Waals surface area contributed by atoms with Crippen LogP contribution < -0.4 is 0 Å². The SMILES string of the molecule is C=CCCc1nc(C(CCC)(OC)OC)nn1Cc1ccc(-c2ccccc2C(=O)O)cc1. The van der Waals surface area contributed by atoms with E-state index in [1.165, 1.54) is 0 Å². The fourth-order valence-corrected chi connectivity index (χ4v) is 3.87. The number of rotatable bonds is 12. The molecule has 0 aliphatic rings. The molecule has 0 spiro atoms. The van der Waals surface area contributed by atoms with Gasteiger partial charge in [-0.15, -0.1) is 11.7 Å². The number of aryl methyl sites for hydroxylation is 1. The molecule has 1 N–H and O–H groups in total. The molecule has 0 saturated heterocycles. The molecule has 0 bridgehead atoms. The van der Waals surface area contributed by atoms with E-state index in [-0.39, 0.29) is 5.56 Å². The van der Waals surface area contributed by atoms with Crippen LogP contribution in [0.15, 0.2) is 61.2 Å². The number of allylic oxidation sites excluding steroid dienone is 1. The number of aromatic carboxylic acids is 1.